The van der Waals surface area contributed by atoms with Crippen LogP contribution in [0, 0.1) is 0 Å². The predicted octanol–water partition coefficient (Wildman–Crippen LogP) is 1.34. The molecule has 2 nitrogen and oxygen atoms in total. The summed E-state index contributed by atoms with van der Waals surface area (Å²) in [5, 5.41) is 0. The van der Waals surface area contributed by atoms with E-state index in [9.17, 15) is 0 Å². The molecule has 0 amide bonds. The number of hydrogen-bond donors (Lipinski definition) is 1. The molecule has 2 rings (SSSR count). The van der Waals surface area contributed by atoms with Gasteiger partial charge < -0.3 is 10.5 Å². The first kappa shape index (κ1) is 6.92. The van der Waals surface area contributed by atoms with Crippen LogP contribution in [0.5, 0.6) is 0 Å². The molecule has 11 heavy (non-hydrogen) atoms. The van der Waals surface area contributed by atoms with Gasteiger partial charge in [0.05, 0.1) is 6.26 Å². The zero-order valence-electron chi connectivity index (χ0n) is 6.55. The maximum Gasteiger partial charge on any atom is 0.109 e. The second kappa shape index (κ2) is 2.70. The van der Waals surface area contributed by atoms with Crippen molar-refractivity contribution in [2.75, 3.05) is 6.61 Å². The zero-order valence-corrected chi connectivity index (χ0v) is 6.55. The smallest absolute Gasteiger partial charge is 0.109 e. The minimum Gasteiger partial charge on any atom is -0.497 e. The Bertz CT molecular complexity index is 218. The molecular formula is C9H13NO. The van der Waals surface area contributed by atoms with Gasteiger partial charge in [-0.1, -0.05) is 0 Å². The van der Waals surface area contributed by atoms with E-state index in [2.05, 4.69) is 0 Å². The fourth-order valence-corrected chi connectivity index (χ4v) is 1.76. The molecule has 0 saturated heterocycles. The van der Waals surface area contributed by atoms with Crippen molar-refractivity contribution < 1.29 is 4.74 Å². The van der Waals surface area contributed by atoms with Crippen molar-refractivity contribution in [3.8, 4) is 0 Å². The molecule has 1 aliphatic heterocycles. The average Bonchev–Trinajstić information content (AvgIpc) is 2.06. The maximum absolute atomic E-state index is 5.92. The van der Waals surface area contributed by atoms with Gasteiger partial charge in [0.1, 0.15) is 6.61 Å². The highest BCUT2D eigenvalue weighted by molar-refractivity contribution is 5.34. The average molecular weight is 151 g/mol. The summed E-state index contributed by atoms with van der Waals surface area (Å²) in [7, 11) is 0. The molecule has 0 aromatic heterocycles. The van der Waals surface area contributed by atoms with Crippen LogP contribution in [0.2, 0.25) is 0 Å². The summed E-state index contributed by atoms with van der Waals surface area (Å²) in [6, 6.07) is 0.263. The quantitative estimate of drug-likeness (QED) is 0.567. The number of hydrogen-bond acceptors (Lipinski definition) is 2. The molecule has 0 bridgehead atoms. The Morgan fingerprint density at radius 1 is 1.55 bits per heavy atom. The summed E-state index contributed by atoms with van der Waals surface area (Å²) in [5.41, 5.74) is 8.66. The molecule has 0 aromatic rings. The second-order valence-electron chi connectivity index (χ2n) is 3.17. The molecule has 1 aliphatic carbocycles. The summed E-state index contributed by atoms with van der Waals surface area (Å²) in [4.78, 5) is 0. The molecular weight excluding hydrogens is 138 g/mol. The van der Waals surface area contributed by atoms with Crippen LogP contribution < -0.4 is 5.73 Å². The van der Waals surface area contributed by atoms with Crippen molar-refractivity contribution in [3.05, 3.63) is 23.5 Å². The molecule has 2 heteroatoms. The summed E-state index contributed by atoms with van der Waals surface area (Å²) in [5.74, 6) is 0. The van der Waals surface area contributed by atoms with Gasteiger partial charge in [-0.3, -0.25) is 0 Å². The normalized spacial score (nSPS) is 29.7. The third-order valence-electron chi connectivity index (χ3n) is 2.40. The number of rotatable bonds is 0. The summed E-state index contributed by atoms with van der Waals surface area (Å²) < 4.78 is 5.19. The Labute approximate surface area is 66.7 Å². The highest BCUT2D eigenvalue weighted by Gasteiger charge is 2.19. The van der Waals surface area contributed by atoms with Gasteiger partial charge in [0, 0.05) is 6.04 Å². The Morgan fingerprint density at radius 2 is 2.45 bits per heavy atom. The van der Waals surface area contributed by atoms with Crippen molar-refractivity contribution in [1.29, 1.82) is 0 Å². The first-order valence-electron chi connectivity index (χ1n) is 4.13. The molecule has 60 valence electrons. The molecule has 2 N–H and O–H groups in total. The molecule has 0 aromatic carbocycles. The van der Waals surface area contributed by atoms with Gasteiger partial charge in [-0.25, -0.2) is 0 Å². The van der Waals surface area contributed by atoms with Crippen LogP contribution in [0.25, 0.3) is 0 Å². The van der Waals surface area contributed by atoms with E-state index in [0.717, 1.165) is 13.0 Å². The number of ether oxygens (including phenoxy) is 1. The van der Waals surface area contributed by atoms with Crippen LogP contribution in [0.1, 0.15) is 19.3 Å². The van der Waals surface area contributed by atoms with Crippen LogP contribution in [0.4, 0.5) is 0 Å². The summed E-state index contributed by atoms with van der Waals surface area (Å²) >= 11 is 0. The van der Waals surface area contributed by atoms with E-state index in [1.54, 1.807) is 6.26 Å². The Morgan fingerprint density at radius 3 is 3.27 bits per heavy atom. The van der Waals surface area contributed by atoms with Gasteiger partial charge in [0.2, 0.25) is 0 Å². The molecule has 0 saturated carbocycles. The van der Waals surface area contributed by atoms with Gasteiger partial charge in [-0.05, 0) is 36.5 Å². The van der Waals surface area contributed by atoms with Crippen LogP contribution in [0.3, 0.4) is 0 Å². The van der Waals surface area contributed by atoms with Crippen LogP contribution in [0.15, 0.2) is 23.5 Å². The third-order valence-corrected chi connectivity index (χ3v) is 2.40. The van der Waals surface area contributed by atoms with E-state index in [-0.39, 0.29) is 6.04 Å². The highest BCUT2D eigenvalue weighted by Crippen LogP contribution is 2.27. The minimum absolute atomic E-state index is 0.263. The molecule has 0 radical (unpaired) electrons. The fourth-order valence-electron chi connectivity index (χ4n) is 1.76. The molecule has 1 atom stereocenters. The highest BCUT2D eigenvalue weighted by atomic mass is 16.5. The Balaban J connectivity index is 2.28. The number of nitrogens with two attached hydrogens (primary N) is 1. The van der Waals surface area contributed by atoms with Gasteiger partial charge in [-0.2, -0.15) is 0 Å². The monoisotopic (exact) mass is 151 g/mol. The largest absolute Gasteiger partial charge is 0.497 e. The second-order valence-corrected chi connectivity index (χ2v) is 3.17. The van der Waals surface area contributed by atoms with Gasteiger partial charge in [-0.15, -0.1) is 0 Å². The molecule has 1 unspecified atom stereocenters. The molecule has 0 spiro atoms. The van der Waals surface area contributed by atoms with Crippen molar-refractivity contribution in [3.63, 3.8) is 0 Å². The first-order chi connectivity index (χ1) is 5.38. The molecule has 0 fully saturated rings. The zero-order chi connectivity index (χ0) is 7.68. The first-order valence-corrected chi connectivity index (χ1v) is 4.13. The lowest BCUT2D eigenvalue weighted by molar-refractivity contribution is 0.264. The van der Waals surface area contributed by atoms with Crippen LogP contribution >= 0.6 is 0 Å². The molecule has 2 aliphatic rings. The SMILES string of the molecule is NC1CCCC2=C1C=COC2. The Kier molecular flexibility index (Phi) is 1.70. The van der Waals surface area contributed by atoms with E-state index in [0.29, 0.717) is 0 Å². The van der Waals surface area contributed by atoms with Gasteiger partial charge in [0.25, 0.3) is 0 Å². The fraction of sp³-hybridized carbons (Fsp3) is 0.556. The Hall–Kier alpha value is -0.760. The van der Waals surface area contributed by atoms with Crippen LogP contribution in [-0.4, -0.2) is 12.6 Å². The third kappa shape index (κ3) is 1.18. The van der Waals surface area contributed by atoms with E-state index in [4.69, 9.17) is 10.5 Å². The van der Waals surface area contributed by atoms with Crippen molar-refractivity contribution in [2.24, 2.45) is 5.73 Å². The van der Waals surface area contributed by atoms with Crippen LogP contribution in [-0.2, 0) is 4.74 Å². The maximum atomic E-state index is 5.92. The lowest BCUT2D eigenvalue weighted by atomic mass is 9.88. The summed E-state index contributed by atoms with van der Waals surface area (Å²) in [6.45, 7) is 0.763. The van der Waals surface area contributed by atoms with Crippen molar-refractivity contribution >= 4 is 0 Å². The van der Waals surface area contributed by atoms with E-state index >= 15 is 0 Å². The topological polar surface area (TPSA) is 35.2 Å². The lowest BCUT2D eigenvalue weighted by Gasteiger charge is -2.26. The standard InChI is InChI=1S/C9H13NO/c10-9-3-1-2-7-6-11-5-4-8(7)9/h4-5,9H,1-3,6,10H2. The predicted molar refractivity (Wildman–Crippen MR) is 43.9 cm³/mol. The van der Waals surface area contributed by atoms with Gasteiger partial charge >= 0.3 is 0 Å². The van der Waals surface area contributed by atoms with Crippen molar-refractivity contribution in [2.45, 2.75) is 25.3 Å². The van der Waals surface area contributed by atoms with E-state index in [1.165, 1.54) is 24.0 Å². The lowest BCUT2D eigenvalue weighted by Crippen LogP contribution is -2.28. The van der Waals surface area contributed by atoms with E-state index < -0.39 is 0 Å². The summed E-state index contributed by atoms with van der Waals surface area (Å²) in [6.07, 6.45) is 7.29. The minimum atomic E-state index is 0.263. The van der Waals surface area contributed by atoms with E-state index in [1.807, 2.05) is 6.08 Å². The van der Waals surface area contributed by atoms with Gasteiger partial charge in [0.15, 0.2) is 0 Å². The van der Waals surface area contributed by atoms with Crippen molar-refractivity contribution in [1.82, 2.24) is 0 Å². The molecule has 1 heterocycles.